The van der Waals surface area contributed by atoms with Crippen LogP contribution < -0.4 is 5.32 Å². The van der Waals surface area contributed by atoms with Crippen LogP contribution in [0, 0.1) is 0 Å². The highest BCUT2D eigenvalue weighted by Crippen LogP contribution is 2.33. The van der Waals surface area contributed by atoms with E-state index in [0.717, 1.165) is 10.7 Å². The van der Waals surface area contributed by atoms with E-state index in [1.807, 2.05) is 6.92 Å². The van der Waals surface area contributed by atoms with Crippen molar-refractivity contribution in [2.24, 2.45) is 0 Å². The molecule has 0 spiro atoms. The molecule has 0 radical (unpaired) electrons. The summed E-state index contributed by atoms with van der Waals surface area (Å²) in [5, 5.41) is 10.6. The Morgan fingerprint density at radius 2 is 1.95 bits per heavy atom. The summed E-state index contributed by atoms with van der Waals surface area (Å²) in [5.41, 5.74) is -0.180. The molecule has 19 heavy (non-hydrogen) atoms. The van der Waals surface area contributed by atoms with Crippen LogP contribution in [0.4, 0.5) is 13.2 Å². The van der Waals surface area contributed by atoms with Crippen molar-refractivity contribution in [3.05, 3.63) is 41.7 Å². The lowest BCUT2D eigenvalue weighted by Gasteiger charge is -2.11. The molecule has 1 N–H and O–H groups in total. The van der Waals surface area contributed by atoms with Gasteiger partial charge >= 0.3 is 6.18 Å². The second-order valence-corrected chi connectivity index (χ2v) is 4.11. The Morgan fingerprint density at radius 3 is 2.58 bits per heavy atom. The number of benzene rings is 1. The number of aromatic nitrogens is 3. The second kappa shape index (κ2) is 5.00. The molecular formula is C12H13F3N4. The van der Waals surface area contributed by atoms with Crippen LogP contribution >= 0.6 is 0 Å². The molecule has 0 saturated carbocycles. The highest BCUT2D eigenvalue weighted by Gasteiger charge is 2.34. The molecule has 1 atom stereocenters. The first kappa shape index (κ1) is 13.5. The fourth-order valence-electron chi connectivity index (χ4n) is 1.65. The first-order valence-electron chi connectivity index (χ1n) is 5.69. The molecule has 1 aromatic carbocycles. The number of hydrogen-bond acceptors (Lipinski definition) is 3. The molecule has 0 saturated heterocycles. The summed E-state index contributed by atoms with van der Waals surface area (Å²) in [6, 6.07) is 5.20. The number of alkyl halides is 3. The molecule has 4 nitrogen and oxygen atoms in total. The molecule has 0 amide bonds. The lowest BCUT2D eigenvalue weighted by molar-refractivity contribution is -0.137. The van der Waals surface area contributed by atoms with E-state index < -0.39 is 11.7 Å². The van der Waals surface area contributed by atoms with Gasteiger partial charge in [-0.15, -0.1) is 5.10 Å². The van der Waals surface area contributed by atoms with Gasteiger partial charge in [0.2, 0.25) is 0 Å². The summed E-state index contributed by atoms with van der Waals surface area (Å²) < 4.78 is 39.8. The van der Waals surface area contributed by atoms with E-state index in [0.29, 0.717) is 5.69 Å². The molecule has 1 heterocycles. The molecule has 1 unspecified atom stereocenters. The third-order valence-corrected chi connectivity index (χ3v) is 2.84. The monoisotopic (exact) mass is 270 g/mol. The molecule has 0 fully saturated rings. The van der Waals surface area contributed by atoms with E-state index in [9.17, 15) is 13.2 Å². The number of nitrogens with zero attached hydrogens (tertiary/aromatic N) is 3. The van der Waals surface area contributed by atoms with Crippen LogP contribution in [0.2, 0.25) is 0 Å². The van der Waals surface area contributed by atoms with Crippen LogP contribution in [0.3, 0.4) is 0 Å². The topological polar surface area (TPSA) is 42.7 Å². The Bertz CT molecular complexity index is 562. The fraction of sp³-hybridized carbons (Fsp3) is 0.333. The molecular weight excluding hydrogens is 257 g/mol. The van der Waals surface area contributed by atoms with Gasteiger partial charge in [0.1, 0.15) is 0 Å². The van der Waals surface area contributed by atoms with Crippen LogP contribution in [0.25, 0.3) is 5.69 Å². The van der Waals surface area contributed by atoms with E-state index >= 15 is 0 Å². The van der Waals surface area contributed by atoms with Crippen LogP contribution in [0.15, 0.2) is 30.5 Å². The largest absolute Gasteiger partial charge is 0.418 e. The van der Waals surface area contributed by atoms with Crippen LogP contribution in [0.5, 0.6) is 0 Å². The Kier molecular flexibility index (Phi) is 3.57. The third-order valence-electron chi connectivity index (χ3n) is 2.84. The van der Waals surface area contributed by atoms with Gasteiger partial charge in [0.15, 0.2) is 0 Å². The van der Waals surface area contributed by atoms with Gasteiger partial charge in [-0.25, -0.2) is 4.68 Å². The summed E-state index contributed by atoms with van der Waals surface area (Å²) in [6.07, 6.45) is -2.93. The van der Waals surface area contributed by atoms with Crippen molar-refractivity contribution in [2.45, 2.75) is 19.1 Å². The number of halogens is 3. The van der Waals surface area contributed by atoms with Crippen molar-refractivity contribution in [3.63, 3.8) is 0 Å². The van der Waals surface area contributed by atoms with Crippen molar-refractivity contribution in [1.82, 2.24) is 20.3 Å². The minimum absolute atomic E-state index is 0.0305. The Balaban J connectivity index is 2.45. The summed E-state index contributed by atoms with van der Waals surface area (Å²) in [6.45, 7) is 1.85. The first-order valence-corrected chi connectivity index (χ1v) is 5.69. The van der Waals surface area contributed by atoms with E-state index in [2.05, 4.69) is 15.6 Å². The standard InChI is InChI=1S/C12H13F3N4/c1-8(16-2)10-7-19(18-17-10)11-6-4-3-5-9(11)12(13,14)15/h3-8,16H,1-2H3. The number of rotatable bonds is 3. The predicted octanol–water partition coefficient (Wildman–Crippen LogP) is 2.57. The lowest BCUT2D eigenvalue weighted by Crippen LogP contribution is -2.12. The number of hydrogen-bond donors (Lipinski definition) is 1. The van der Waals surface area contributed by atoms with Crippen molar-refractivity contribution >= 4 is 0 Å². The molecule has 1 aromatic heterocycles. The average molecular weight is 270 g/mol. The summed E-state index contributed by atoms with van der Waals surface area (Å²) in [4.78, 5) is 0. The maximum absolute atomic E-state index is 12.9. The van der Waals surface area contributed by atoms with Gasteiger partial charge in [-0.05, 0) is 26.1 Å². The normalized spacial score (nSPS) is 13.5. The molecule has 0 aliphatic rings. The zero-order chi connectivity index (χ0) is 14.0. The van der Waals surface area contributed by atoms with E-state index in [1.54, 1.807) is 7.05 Å². The smallest absolute Gasteiger partial charge is 0.312 e. The maximum Gasteiger partial charge on any atom is 0.418 e. The van der Waals surface area contributed by atoms with Gasteiger partial charge in [0.05, 0.1) is 23.1 Å². The molecule has 2 aromatic rings. The molecule has 0 aliphatic heterocycles. The minimum atomic E-state index is -4.42. The lowest BCUT2D eigenvalue weighted by atomic mass is 10.1. The Morgan fingerprint density at radius 1 is 1.26 bits per heavy atom. The minimum Gasteiger partial charge on any atom is -0.312 e. The van der Waals surface area contributed by atoms with Crippen molar-refractivity contribution < 1.29 is 13.2 Å². The molecule has 2 rings (SSSR count). The summed E-state index contributed by atoms with van der Waals surface area (Å²) in [7, 11) is 1.74. The van der Waals surface area contributed by atoms with E-state index in [1.165, 1.54) is 24.4 Å². The third kappa shape index (κ3) is 2.76. The molecule has 102 valence electrons. The fourth-order valence-corrected chi connectivity index (χ4v) is 1.65. The van der Waals surface area contributed by atoms with Gasteiger partial charge in [-0.2, -0.15) is 13.2 Å². The van der Waals surface area contributed by atoms with Crippen LogP contribution in [-0.2, 0) is 6.18 Å². The molecule has 0 aliphatic carbocycles. The van der Waals surface area contributed by atoms with Gasteiger partial charge in [0.25, 0.3) is 0 Å². The number of para-hydroxylation sites is 1. The molecule has 0 bridgehead atoms. The average Bonchev–Trinajstić information content (AvgIpc) is 2.86. The molecule has 7 heteroatoms. The number of nitrogens with one attached hydrogen (secondary N) is 1. The van der Waals surface area contributed by atoms with E-state index in [-0.39, 0.29) is 11.7 Å². The zero-order valence-electron chi connectivity index (χ0n) is 10.4. The van der Waals surface area contributed by atoms with Gasteiger partial charge in [-0.3, -0.25) is 0 Å². The van der Waals surface area contributed by atoms with Crippen molar-refractivity contribution in [3.8, 4) is 5.69 Å². The SMILES string of the molecule is CNC(C)c1cn(-c2ccccc2C(F)(F)F)nn1. The summed E-state index contributed by atoms with van der Waals surface area (Å²) in [5.74, 6) is 0. The Hall–Kier alpha value is -1.89. The highest BCUT2D eigenvalue weighted by atomic mass is 19.4. The van der Waals surface area contributed by atoms with Gasteiger partial charge in [-0.1, -0.05) is 17.3 Å². The first-order chi connectivity index (χ1) is 8.93. The highest BCUT2D eigenvalue weighted by molar-refractivity contribution is 5.42. The van der Waals surface area contributed by atoms with Crippen LogP contribution in [-0.4, -0.2) is 22.0 Å². The summed E-state index contributed by atoms with van der Waals surface area (Å²) >= 11 is 0. The van der Waals surface area contributed by atoms with Crippen molar-refractivity contribution in [1.29, 1.82) is 0 Å². The quantitative estimate of drug-likeness (QED) is 0.932. The second-order valence-electron chi connectivity index (χ2n) is 4.11. The zero-order valence-corrected chi connectivity index (χ0v) is 10.4. The van der Waals surface area contributed by atoms with Crippen LogP contribution in [0.1, 0.15) is 24.2 Å². The van der Waals surface area contributed by atoms with Gasteiger partial charge in [0, 0.05) is 6.04 Å². The van der Waals surface area contributed by atoms with Crippen molar-refractivity contribution in [2.75, 3.05) is 7.05 Å². The maximum atomic E-state index is 12.9. The van der Waals surface area contributed by atoms with Gasteiger partial charge < -0.3 is 5.32 Å². The van der Waals surface area contributed by atoms with E-state index in [4.69, 9.17) is 0 Å². The predicted molar refractivity (Wildman–Crippen MR) is 63.8 cm³/mol. The Labute approximate surface area is 108 Å².